The van der Waals surface area contributed by atoms with Crippen LogP contribution in [0.5, 0.6) is 0 Å². The largest absolute Gasteiger partial charge is 1.00 e. The van der Waals surface area contributed by atoms with Gasteiger partial charge in [-0.2, -0.15) is 0 Å². The van der Waals surface area contributed by atoms with Crippen molar-refractivity contribution < 1.29 is 21.5 Å². The molecule has 2 aromatic carbocycles. The van der Waals surface area contributed by atoms with Gasteiger partial charge in [0.25, 0.3) is 0 Å². The molecule has 0 atom stereocenters. The first-order valence-electron chi connectivity index (χ1n) is 8.58. The van der Waals surface area contributed by atoms with E-state index in [1.807, 2.05) is 13.1 Å². The maximum absolute atomic E-state index is 4.71. The molecule has 0 fully saturated rings. The average molecular weight is 441 g/mol. The minimum Gasteiger partial charge on any atom is -1.00 e. The van der Waals surface area contributed by atoms with Crippen LogP contribution in [-0.4, -0.2) is 4.57 Å². The third kappa shape index (κ3) is 3.35. The molecular weight excluding hydrogens is 420 g/mol. The Morgan fingerprint density at radius 1 is 0.926 bits per heavy atom. The van der Waals surface area contributed by atoms with E-state index < -0.39 is 0 Å². The van der Waals surface area contributed by atoms with E-state index in [-0.39, 0.29) is 17.0 Å². The van der Waals surface area contributed by atoms with Gasteiger partial charge in [-0.1, -0.05) is 48.5 Å². The van der Waals surface area contributed by atoms with E-state index in [1.165, 1.54) is 10.6 Å². The molecule has 0 amide bonds. The fraction of sp³-hybridized carbons (Fsp3) is 0.190. The Morgan fingerprint density at radius 2 is 1.59 bits per heavy atom. The van der Waals surface area contributed by atoms with Crippen molar-refractivity contribution in [3.05, 3.63) is 65.2 Å². The highest BCUT2D eigenvalue weighted by Crippen LogP contribution is 2.40. The predicted molar refractivity (Wildman–Crippen MR) is 108 cm³/mol. The zero-order chi connectivity index (χ0) is 18.3. The minimum atomic E-state index is 0. The van der Waals surface area contributed by atoms with Gasteiger partial charge in [-0.05, 0) is 36.4 Å². The molecule has 0 saturated carbocycles. The summed E-state index contributed by atoms with van der Waals surface area (Å²) in [4.78, 5) is 1.27. The summed E-state index contributed by atoms with van der Waals surface area (Å²) >= 11 is 1.67. The van der Waals surface area contributed by atoms with E-state index in [0.717, 1.165) is 33.0 Å². The molecular formula is C21H21BrN4S. The lowest BCUT2D eigenvalue weighted by molar-refractivity contribution is -0.660. The van der Waals surface area contributed by atoms with Gasteiger partial charge < -0.3 is 21.5 Å². The van der Waals surface area contributed by atoms with E-state index in [0.29, 0.717) is 0 Å². The molecule has 0 N–H and O–H groups in total. The number of thiazole rings is 1. The Kier molecular flexibility index (Phi) is 5.58. The second-order valence-electron chi connectivity index (χ2n) is 6.42. The molecule has 6 heteroatoms. The molecule has 0 aliphatic carbocycles. The number of aryl methyl sites for hydroxylation is 2. The van der Waals surface area contributed by atoms with Gasteiger partial charge in [-0.3, -0.25) is 0 Å². The molecule has 0 saturated heterocycles. The van der Waals surface area contributed by atoms with Gasteiger partial charge in [0.1, 0.15) is 11.4 Å². The van der Waals surface area contributed by atoms with Gasteiger partial charge in [0.05, 0.1) is 28.2 Å². The summed E-state index contributed by atoms with van der Waals surface area (Å²) in [6.45, 7) is 4.23. The third-order valence-electron chi connectivity index (χ3n) is 4.91. The summed E-state index contributed by atoms with van der Waals surface area (Å²) in [6.07, 6.45) is 0. The van der Waals surface area contributed by atoms with Crippen molar-refractivity contribution in [1.82, 2.24) is 4.57 Å². The van der Waals surface area contributed by atoms with E-state index in [1.54, 1.807) is 11.3 Å². The highest BCUT2D eigenvalue weighted by Gasteiger charge is 2.20. The lowest BCUT2D eigenvalue weighted by Crippen LogP contribution is -3.00. The molecule has 138 valence electrons. The van der Waals surface area contributed by atoms with Crippen LogP contribution in [0.25, 0.3) is 22.2 Å². The lowest BCUT2D eigenvalue weighted by Gasteiger charge is -2.04. The standard InChI is InChI=1S/C21H21N4S.BrH/c1-14-15(2)26-21(24(14)3)23-22-19-17-12-8-9-13-18(17)25(4)20(19)16-10-6-5-7-11-16;/h5-13H,1-4H3;1H/q+1;/p-1. The van der Waals surface area contributed by atoms with Crippen LogP contribution in [0.2, 0.25) is 0 Å². The van der Waals surface area contributed by atoms with E-state index >= 15 is 0 Å². The lowest BCUT2D eigenvalue weighted by atomic mass is 10.1. The summed E-state index contributed by atoms with van der Waals surface area (Å²) < 4.78 is 4.29. The fourth-order valence-electron chi connectivity index (χ4n) is 3.24. The summed E-state index contributed by atoms with van der Waals surface area (Å²) in [5.74, 6) is 0. The number of azo groups is 1. The SMILES string of the molecule is Cc1sc(/N=N/c2c(-c3ccccc3)n(C)c3ccccc23)[n+](C)c1C.[Br-]. The first kappa shape index (κ1) is 19.5. The zero-order valence-electron chi connectivity index (χ0n) is 15.8. The minimum absolute atomic E-state index is 0. The number of rotatable bonds is 3. The Balaban J connectivity index is 0.00000210. The third-order valence-corrected chi connectivity index (χ3v) is 6.05. The highest BCUT2D eigenvalue weighted by atomic mass is 79.9. The number of nitrogens with zero attached hydrogens (tertiary/aromatic N) is 4. The maximum Gasteiger partial charge on any atom is 0.408 e. The highest BCUT2D eigenvalue weighted by molar-refractivity contribution is 7.14. The van der Waals surface area contributed by atoms with Crippen LogP contribution in [0.3, 0.4) is 0 Å². The van der Waals surface area contributed by atoms with Crippen molar-refractivity contribution in [3.8, 4) is 11.3 Å². The second-order valence-corrected chi connectivity index (χ2v) is 7.61. The van der Waals surface area contributed by atoms with Crippen molar-refractivity contribution >= 4 is 33.1 Å². The van der Waals surface area contributed by atoms with E-state index in [4.69, 9.17) is 5.11 Å². The van der Waals surface area contributed by atoms with Crippen LogP contribution in [0.15, 0.2) is 64.8 Å². The van der Waals surface area contributed by atoms with Crippen LogP contribution >= 0.6 is 11.3 Å². The molecule has 4 nitrogen and oxygen atoms in total. The van der Waals surface area contributed by atoms with Gasteiger partial charge in [-0.25, -0.2) is 4.57 Å². The second kappa shape index (κ2) is 7.74. The average Bonchev–Trinajstić information content (AvgIpc) is 3.09. The number of aromatic nitrogens is 2. The molecule has 0 spiro atoms. The molecule has 0 bridgehead atoms. The summed E-state index contributed by atoms with van der Waals surface area (Å²) in [5, 5.41) is 11.3. The number of benzene rings is 2. The van der Waals surface area contributed by atoms with Crippen molar-refractivity contribution in [2.75, 3.05) is 0 Å². The van der Waals surface area contributed by atoms with Crippen molar-refractivity contribution in [2.24, 2.45) is 24.3 Å². The molecule has 0 aliphatic rings. The van der Waals surface area contributed by atoms with Crippen LogP contribution in [-0.2, 0) is 14.1 Å². The van der Waals surface area contributed by atoms with Gasteiger partial charge >= 0.3 is 5.13 Å². The fourth-order valence-corrected chi connectivity index (χ4v) is 4.15. The zero-order valence-corrected chi connectivity index (χ0v) is 18.2. The number of fused-ring (bicyclic) bond motifs is 1. The summed E-state index contributed by atoms with van der Waals surface area (Å²) in [7, 11) is 4.12. The maximum atomic E-state index is 4.71. The topological polar surface area (TPSA) is 33.5 Å². The molecule has 0 unspecified atom stereocenters. The monoisotopic (exact) mass is 440 g/mol. The number of hydrogen-bond donors (Lipinski definition) is 0. The molecule has 2 aromatic heterocycles. The van der Waals surface area contributed by atoms with Gasteiger partial charge in [0.2, 0.25) is 0 Å². The smallest absolute Gasteiger partial charge is 0.408 e. The Hall–Kier alpha value is -2.31. The molecule has 27 heavy (non-hydrogen) atoms. The molecule has 0 radical (unpaired) electrons. The van der Waals surface area contributed by atoms with Crippen LogP contribution in [0.4, 0.5) is 10.8 Å². The normalized spacial score (nSPS) is 11.3. The van der Waals surface area contributed by atoms with Crippen molar-refractivity contribution in [1.29, 1.82) is 0 Å². The predicted octanol–water partition coefficient (Wildman–Crippen LogP) is 2.77. The molecule has 4 rings (SSSR count). The quantitative estimate of drug-likeness (QED) is 0.346. The molecule has 2 heterocycles. The number of halogens is 1. The van der Waals surface area contributed by atoms with Gasteiger partial charge in [0.15, 0.2) is 0 Å². The Labute approximate surface area is 173 Å². The number of hydrogen-bond acceptors (Lipinski definition) is 3. The van der Waals surface area contributed by atoms with E-state index in [9.17, 15) is 0 Å². The van der Waals surface area contributed by atoms with Gasteiger partial charge in [0, 0.05) is 18.0 Å². The Bertz CT molecular complexity index is 1130. The molecule has 0 aliphatic heterocycles. The number of para-hydroxylation sites is 1. The van der Waals surface area contributed by atoms with Crippen LogP contribution in [0, 0.1) is 13.8 Å². The Morgan fingerprint density at radius 3 is 2.26 bits per heavy atom. The van der Waals surface area contributed by atoms with E-state index in [2.05, 4.69) is 83.7 Å². The van der Waals surface area contributed by atoms with Crippen LogP contribution < -0.4 is 21.5 Å². The van der Waals surface area contributed by atoms with Crippen LogP contribution in [0.1, 0.15) is 10.6 Å². The van der Waals surface area contributed by atoms with Crippen molar-refractivity contribution in [2.45, 2.75) is 13.8 Å². The van der Waals surface area contributed by atoms with Crippen molar-refractivity contribution in [3.63, 3.8) is 0 Å². The summed E-state index contributed by atoms with van der Waals surface area (Å²) in [5.41, 5.74) is 5.53. The molecule has 4 aromatic rings. The first-order chi connectivity index (χ1) is 12.6. The first-order valence-corrected chi connectivity index (χ1v) is 9.40. The summed E-state index contributed by atoms with van der Waals surface area (Å²) in [6, 6.07) is 18.7. The van der Waals surface area contributed by atoms with Gasteiger partial charge in [-0.15, -0.1) is 0 Å².